The van der Waals surface area contributed by atoms with Crippen LogP contribution >= 0.6 is 0 Å². The number of rotatable bonds is 4. The van der Waals surface area contributed by atoms with Crippen LogP contribution in [0.1, 0.15) is 36.2 Å². The van der Waals surface area contributed by atoms with Gasteiger partial charge in [-0.2, -0.15) is 8.42 Å². The Bertz CT molecular complexity index is 997. The van der Waals surface area contributed by atoms with Gasteiger partial charge in [-0.3, -0.25) is 4.79 Å². The van der Waals surface area contributed by atoms with Crippen molar-refractivity contribution in [2.75, 3.05) is 16.8 Å². The van der Waals surface area contributed by atoms with Gasteiger partial charge >= 0.3 is 0 Å². The summed E-state index contributed by atoms with van der Waals surface area (Å²) in [5.41, 5.74) is 2.47. The number of para-hydroxylation sites is 1. The van der Waals surface area contributed by atoms with Crippen LogP contribution in [-0.4, -0.2) is 26.7 Å². The van der Waals surface area contributed by atoms with Crippen molar-refractivity contribution in [2.45, 2.75) is 32.1 Å². The quantitative estimate of drug-likeness (QED) is 0.891. The zero-order valence-electron chi connectivity index (χ0n) is 15.0. The van der Waals surface area contributed by atoms with Crippen LogP contribution in [0, 0.1) is 6.92 Å². The Morgan fingerprint density at radius 1 is 1.15 bits per heavy atom. The van der Waals surface area contributed by atoms with E-state index in [1.54, 1.807) is 25.1 Å². The Labute approximate surface area is 153 Å². The van der Waals surface area contributed by atoms with Crippen molar-refractivity contribution in [1.29, 1.82) is 0 Å². The van der Waals surface area contributed by atoms with E-state index in [1.165, 1.54) is 6.07 Å². The number of carbonyl (C=O) groups excluding carboxylic acids is 1. The minimum absolute atomic E-state index is 0.0639. The van der Waals surface area contributed by atoms with E-state index in [0.29, 0.717) is 23.8 Å². The second-order valence-electron chi connectivity index (χ2n) is 6.22. The van der Waals surface area contributed by atoms with Gasteiger partial charge in [0.05, 0.1) is 5.69 Å². The van der Waals surface area contributed by atoms with E-state index >= 15 is 0 Å². The number of hydrogen-bond acceptors (Lipinski definition) is 4. The van der Waals surface area contributed by atoms with Gasteiger partial charge in [0.15, 0.2) is 0 Å². The zero-order valence-corrected chi connectivity index (χ0v) is 15.8. The molecule has 0 saturated carbocycles. The Morgan fingerprint density at radius 3 is 2.58 bits per heavy atom. The van der Waals surface area contributed by atoms with Crippen molar-refractivity contribution >= 4 is 33.1 Å². The number of fused-ring (bicyclic) bond motifs is 1. The average Bonchev–Trinajstić information content (AvgIpc) is 2.60. The van der Waals surface area contributed by atoms with Crippen LogP contribution in [0.2, 0.25) is 0 Å². The van der Waals surface area contributed by atoms with Crippen LogP contribution in [0.25, 0.3) is 0 Å². The number of amidine groups is 1. The second kappa shape index (κ2) is 6.92. The first-order chi connectivity index (χ1) is 12.3. The van der Waals surface area contributed by atoms with Gasteiger partial charge in [0, 0.05) is 17.8 Å². The van der Waals surface area contributed by atoms with E-state index in [4.69, 9.17) is 0 Å². The normalized spacial score (nSPS) is 15.2. The third kappa shape index (κ3) is 3.35. The Hall–Kier alpha value is -2.67. The number of sulfonamides is 1. The number of hydrogen-bond donors (Lipinski definition) is 1. The number of nitrogens with one attached hydrogen (secondary N) is 1. The molecule has 0 spiro atoms. The van der Waals surface area contributed by atoms with Gasteiger partial charge in [0.25, 0.3) is 15.9 Å². The minimum atomic E-state index is -3.81. The molecule has 0 saturated heterocycles. The number of amides is 1. The lowest BCUT2D eigenvalue weighted by molar-refractivity contribution is 0.102. The smallest absolute Gasteiger partial charge is 0.286 e. The summed E-state index contributed by atoms with van der Waals surface area (Å²) < 4.78 is 28.8. The van der Waals surface area contributed by atoms with E-state index in [0.717, 1.165) is 12.0 Å². The molecule has 0 atom stereocenters. The summed E-state index contributed by atoms with van der Waals surface area (Å²) in [5.74, 6) is 0.0853. The van der Waals surface area contributed by atoms with Crippen molar-refractivity contribution in [3.63, 3.8) is 0 Å². The zero-order chi connectivity index (χ0) is 18.9. The van der Waals surface area contributed by atoms with Gasteiger partial charge in [-0.1, -0.05) is 25.1 Å². The van der Waals surface area contributed by atoms with Crippen molar-refractivity contribution in [1.82, 2.24) is 0 Å². The Morgan fingerprint density at radius 2 is 1.88 bits per heavy atom. The highest BCUT2D eigenvalue weighted by Gasteiger charge is 2.29. The fourth-order valence-electron chi connectivity index (χ4n) is 2.95. The van der Waals surface area contributed by atoms with E-state index in [2.05, 4.69) is 9.71 Å². The van der Waals surface area contributed by atoms with Gasteiger partial charge in [0.2, 0.25) is 0 Å². The lowest BCUT2D eigenvalue weighted by atomic mass is 10.1. The van der Waals surface area contributed by atoms with E-state index in [9.17, 15) is 13.2 Å². The van der Waals surface area contributed by atoms with E-state index < -0.39 is 10.0 Å². The number of benzene rings is 2. The summed E-state index contributed by atoms with van der Waals surface area (Å²) in [5, 5.41) is 2.82. The molecule has 1 aliphatic rings. The molecule has 0 aromatic heterocycles. The molecule has 1 aliphatic heterocycles. The molecule has 1 amide bonds. The molecule has 0 fully saturated rings. The van der Waals surface area contributed by atoms with Crippen molar-refractivity contribution < 1.29 is 13.2 Å². The maximum Gasteiger partial charge on any atom is 0.286 e. The maximum absolute atomic E-state index is 12.6. The van der Waals surface area contributed by atoms with Crippen LogP contribution < -0.4 is 10.2 Å². The summed E-state index contributed by atoms with van der Waals surface area (Å²) in [6.45, 7) is 6.24. The summed E-state index contributed by atoms with van der Waals surface area (Å²) in [7, 11) is -3.81. The topological polar surface area (TPSA) is 78.8 Å². The molecule has 0 aliphatic carbocycles. The standard InChI is InChI=1S/C19H21N3O3S/c1-4-11-22-14(3)21-26(24,25)18-12-15(9-10-17(18)22)19(23)20-16-8-6-5-7-13(16)2/h5-10,12H,4,11H2,1-3H3,(H,20,23). The van der Waals surface area contributed by atoms with E-state index in [-0.39, 0.29) is 16.4 Å². The van der Waals surface area contributed by atoms with Crippen LogP contribution in [-0.2, 0) is 10.0 Å². The average molecular weight is 371 g/mol. The minimum Gasteiger partial charge on any atom is -0.328 e. The first-order valence-electron chi connectivity index (χ1n) is 8.43. The molecule has 0 bridgehead atoms. The molecule has 0 unspecified atom stereocenters. The van der Waals surface area contributed by atoms with Crippen LogP contribution in [0.15, 0.2) is 51.8 Å². The highest BCUT2D eigenvalue weighted by atomic mass is 32.2. The fourth-order valence-corrected chi connectivity index (χ4v) is 4.21. The molecule has 7 heteroatoms. The lowest BCUT2D eigenvalue weighted by Gasteiger charge is -2.29. The molecule has 26 heavy (non-hydrogen) atoms. The molecule has 3 rings (SSSR count). The lowest BCUT2D eigenvalue weighted by Crippen LogP contribution is -2.34. The summed E-state index contributed by atoms with van der Waals surface area (Å²) in [4.78, 5) is 14.5. The SMILES string of the molecule is CCCN1C(C)=NS(=O)(=O)c2cc(C(=O)Nc3ccccc3C)ccc21. The van der Waals surface area contributed by atoms with Gasteiger partial charge in [-0.15, -0.1) is 4.40 Å². The predicted molar refractivity (Wildman–Crippen MR) is 104 cm³/mol. The van der Waals surface area contributed by atoms with Gasteiger partial charge < -0.3 is 10.2 Å². The Kier molecular flexibility index (Phi) is 4.82. The molecule has 136 valence electrons. The third-order valence-corrected chi connectivity index (χ3v) is 5.66. The van der Waals surface area contributed by atoms with Crippen molar-refractivity contribution in [3.05, 3.63) is 53.6 Å². The van der Waals surface area contributed by atoms with Gasteiger partial charge in [0.1, 0.15) is 10.7 Å². The van der Waals surface area contributed by atoms with E-state index in [1.807, 2.05) is 36.9 Å². The molecule has 2 aromatic carbocycles. The summed E-state index contributed by atoms with van der Waals surface area (Å²) >= 11 is 0. The summed E-state index contributed by atoms with van der Waals surface area (Å²) in [6, 6.07) is 12.1. The predicted octanol–water partition coefficient (Wildman–Crippen LogP) is 3.58. The monoisotopic (exact) mass is 371 g/mol. The molecule has 0 radical (unpaired) electrons. The molecular weight excluding hydrogens is 350 g/mol. The summed E-state index contributed by atoms with van der Waals surface area (Å²) in [6.07, 6.45) is 0.849. The Balaban J connectivity index is 1.99. The molecule has 1 N–H and O–H groups in total. The molecule has 1 heterocycles. The first kappa shape index (κ1) is 18.1. The fraction of sp³-hybridized carbons (Fsp3) is 0.263. The second-order valence-corrected chi connectivity index (χ2v) is 7.79. The first-order valence-corrected chi connectivity index (χ1v) is 9.87. The largest absolute Gasteiger partial charge is 0.328 e. The number of aryl methyl sites for hydroxylation is 1. The number of anilines is 2. The van der Waals surface area contributed by atoms with Crippen LogP contribution in [0.5, 0.6) is 0 Å². The number of carbonyl (C=O) groups is 1. The molecule has 6 nitrogen and oxygen atoms in total. The van der Waals surface area contributed by atoms with Crippen LogP contribution in [0.4, 0.5) is 11.4 Å². The van der Waals surface area contributed by atoms with Crippen molar-refractivity contribution in [2.24, 2.45) is 4.40 Å². The number of nitrogens with zero attached hydrogens (tertiary/aromatic N) is 2. The van der Waals surface area contributed by atoms with Crippen LogP contribution in [0.3, 0.4) is 0 Å². The molecular formula is C19H21N3O3S. The third-order valence-electron chi connectivity index (χ3n) is 4.27. The van der Waals surface area contributed by atoms with Crippen molar-refractivity contribution in [3.8, 4) is 0 Å². The maximum atomic E-state index is 12.6. The van der Waals surface area contributed by atoms with Gasteiger partial charge in [-0.05, 0) is 50.1 Å². The highest BCUT2D eigenvalue weighted by molar-refractivity contribution is 7.90. The van der Waals surface area contributed by atoms with Gasteiger partial charge in [-0.25, -0.2) is 0 Å². The molecule has 2 aromatic rings. The highest BCUT2D eigenvalue weighted by Crippen LogP contribution is 2.32.